The lowest BCUT2D eigenvalue weighted by Gasteiger charge is -2.15. The third-order valence-corrected chi connectivity index (χ3v) is 5.64. The van der Waals surface area contributed by atoms with Gasteiger partial charge in [0.15, 0.2) is 11.5 Å². The molecule has 3 aromatic carbocycles. The average Bonchev–Trinajstić information content (AvgIpc) is 2.69. The van der Waals surface area contributed by atoms with E-state index >= 15 is 0 Å². The Morgan fingerprint density at radius 1 is 1.03 bits per heavy atom. The normalized spacial score (nSPS) is 11.1. The van der Waals surface area contributed by atoms with Crippen molar-refractivity contribution in [1.82, 2.24) is 0 Å². The summed E-state index contributed by atoms with van der Waals surface area (Å²) in [5.41, 5.74) is 3.71. The maximum Gasteiger partial charge on any atom is 0.175 e. The molecule has 0 fully saturated rings. The number of rotatable bonds is 7. The van der Waals surface area contributed by atoms with E-state index in [2.05, 4.69) is 27.6 Å². The van der Waals surface area contributed by atoms with Gasteiger partial charge in [-0.1, -0.05) is 41.4 Å². The quantitative estimate of drug-likeness (QED) is 0.228. The molecular weight excluding hydrogens is 520 g/mol. The largest absolute Gasteiger partial charge is 0.490 e. The molecule has 6 heteroatoms. The summed E-state index contributed by atoms with van der Waals surface area (Å²) in [7, 11) is 0. The van der Waals surface area contributed by atoms with Gasteiger partial charge in [-0.05, 0) is 89.5 Å². The summed E-state index contributed by atoms with van der Waals surface area (Å²) in [5.74, 6) is 1.40. The lowest BCUT2D eigenvalue weighted by Crippen LogP contribution is -2.02. The van der Waals surface area contributed by atoms with Crippen LogP contribution in [-0.2, 0) is 6.61 Å². The minimum absolute atomic E-state index is 0.409. The third kappa shape index (κ3) is 5.87. The van der Waals surface area contributed by atoms with Crippen molar-refractivity contribution in [2.24, 2.45) is 4.99 Å². The van der Waals surface area contributed by atoms with Crippen molar-refractivity contribution < 1.29 is 9.47 Å². The third-order valence-electron chi connectivity index (χ3n) is 4.20. The fraction of sp³-hybridized carbons (Fsp3) is 0.174. The molecule has 0 radical (unpaired) electrons. The van der Waals surface area contributed by atoms with Crippen molar-refractivity contribution in [3.8, 4) is 11.5 Å². The molecule has 0 saturated carbocycles. The van der Waals surface area contributed by atoms with E-state index < -0.39 is 0 Å². The molecule has 0 atom stereocenters. The van der Waals surface area contributed by atoms with Gasteiger partial charge in [-0.15, -0.1) is 0 Å². The minimum atomic E-state index is 0.409. The van der Waals surface area contributed by atoms with Crippen LogP contribution < -0.4 is 9.47 Å². The van der Waals surface area contributed by atoms with Crippen molar-refractivity contribution in [1.29, 1.82) is 0 Å². The number of hydrogen-bond acceptors (Lipinski definition) is 3. The van der Waals surface area contributed by atoms with E-state index in [0.717, 1.165) is 25.9 Å². The zero-order chi connectivity index (χ0) is 20.8. The van der Waals surface area contributed by atoms with Gasteiger partial charge < -0.3 is 9.47 Å². The Labute approximate surface area is 194 Å². The lowest BCUT2D eigenvalue weighted by atomic mass is 10.2. The maximum atomic E-state index is 6.18. The molecular formula is C23H20Cl2INO2. The Morgan fingerprint density at radius 2 is 1.83 bits per heavy atom. The van der Waals surface area contributed by atoms with E-state index in [1.165, 1.54) is 0 Å². The highest BCUT2D eigenvalue weighted by atomic mass is 127. The highest BCUT2D eigenvalue weighted by Crippen LogP contribution is 2.35. The molecule has 0 N–H and O–H groups in total. The highest BCUT2D eigenvalue weighted by molar-refractivity contribution is 14.1. The molecule has 29 heavy (non-hydrogen) atoms. The van der Waals surface area contributed by atoms with E-state index in [-0.39, 0.29) is 0 Å². The first-order valence-electron chi connectivity index (χ1n) is 9.10. The summed E-state index contributed by atoms with van der Waals surface area (Å²) in [4.78, 5) is 4.59. The van der Waals surface area contributed by atoms with Crippen molar-refractivity contribution in [3.63, 3.8) is 0 Å². The molecule has 0 unspecified atom stereocenters. The summed E-state index contributed by atoms with van der Waals surface area (Å²) < 4.78 is 12.8. The Hall–Kier alpha value is -1.76. The number of benzene rings is 3. The Morgan fingerprint density at radius 3 is 2.59 bits per heavy atom. The molecule has 3 rings (SSSR count). The highest BCUT2D eigenvalue weighted by Gasteiger charge is 2.12. The van der Waals surface area contributed by atoms with Gasteiger partial charge in [0.25, 0.3) is 0 Å². The molecule has 0 amide bonds. The predicted octanol–water partition coefficient (Wildman–Crippen LogP) is 7.63. The summed E-state index contributed by atoms with van der Waals surface area (Å²) in [6, 6.07) is 17.3. The van der Waals surface area contributed by atoms with E-state index in [9.17, 15) is 0 Å². The van der Waals surface area contributed by atoms with E-state index in [4.69, 9.17) is 32.7 Å². The zero-order valence-corrected chi connectivity index (χ0v) is 19.8. The molecule has 0 spiro atoms. The fourth-order valence-corrected chi connectivity index (χ4v) is 3.89. The van der Waals surface area contributed by atoms with Gasteiger partial charge in [0.1, 0.15) is 6.61 Å². The number of hydrogen-bond donors (Lipinski definition) is 0. The molecule has 0 saturated heterocycles. The molecule has 0 bridgehead atoms. The Balaban J connectivity index is 1.85. The van der Waals surface area contributed by atoms with Crippen LogP contribution in [0.5, 0.6) is 11.5 Å². The standard InChI is InChI=1S/C23H20Cl2INO2/c1-3-28-22-12-17(13-27-21-9-5-8-19(25)15(21)2)11-20(26)23(22)29-14-16-6-4-7-18(24)10-16/h4-13H,3,14H2,1-2H3. The van der Waals surface area contributed by atoms with Crippen LogP contribution in [0.4, 0.5) is 5.69 Å². The Bertz CT molecular complexity index is 1040. The van der Waals surface area contributed by atoms with Gasteiger partial charge >= 0.3 is 0 Å². The van der Waals surface area contributed by atoms with Crippen LogP contribution in [0.1, 0.15) is 23.6 Å². The smallest absolute Gasteiger partial charge is 0.175 e. The first-order chi connectivity index (χ1) is 14.0. The summed E-state index contributed by atoms with van der Waals surface area (Å²) in [5, 5.41) is 1.39. The van der Waals surface area contributed by atoms with Crippen LogP contribution in [0.2, 0.25) is 10.0 Å². The van der Waals surface area contributed by atoms with Crippen molar-refractivity contribution in [3.05, 3.63) is 84.9 Å². The van der Waals surface area contributed by atoms with Crippen LogP contribution >= 0.6 is 45.8 Å². The summed E-state index contributed by atoms with van der Waals surface area (Å²) in [6.45, 7) is 4.85. The van der Waals surface area contributed by atoms with Gasteiger partial charge in [0, 0.05) is 16.3 Å². The molecule has 0 aliphatic heterocycles. The van der Waals surface area contributed by atoms with Crippen LogP contribution in [-0.4, -0.2) is 12.8 Å². The van der Waals surface area contributed by atoms with E-state index in [1.54, 1.807) is 0 Å². The topological polar surface area (TPSA) is 30.8 Å². The predicted molar refractivity (Wildman–Crippen MR) is 130 cm³/mol. The van der Waals surface area contributed by atoms with Crippen LogP contribution in [0, 0.1) is 10.5 Å². The van der Waals surface area contributed by atoms with E-state index in [1.807, 2.05) is 74.7 Å². The lowest BCUT2D eigenvalue weighted by molar-refractivity contribution is 0.267. The average molecular weight is 540 g/mol. The Kier molecular flexibility index (Phi) is 7.81. The second-order valence-electron chi connectivity index (χ2n) is 6.32. The minimum Gasteiger partial charge on any atom is -0.490 e. The van der Waals surface area contributed by atoms with Crippen LogP contribution in [0.15, 0.2) is 59.6 Å². The molecule has 0 aromatic heterocycles. The number of aliphatic imine (C=N–C) groups is 1. The molecule has 3 nitrogen and oxygen atoms in total. The van der Waals surface area contributed by atoms with Crippen LogP contribution in [0.25, 0.3) is 0 Å². The molecule has 3 aromatic rings. The van der Waals surface area contributed by atoms with Gasteiger partial charge in [-0.2, -0.15) is 0 Å². The fourth-order valence-electron chi connectivity index (χ4n) is 2.73. The monoisotopic (exact) mass is 539 g/mol. The number of ether oxygens (including phenoxy) is 2. The van der Waals surface area contributed by atoms with Crippen LogP contribution in [0.3, 0.4) is 0 Å². The number of nitrogens with zero attached hydrogens (tertiary/aromatic N) is 1. The van der Waals surface area contributed by atoms with E-state index in [0.29, 0.717) is 34.8 Å². The first-order valence-corrected chi connectivity index (χ1v) is 10.9. The molecule has 0 aliphatic rings. The maximum absolute atomic E-state index is 6.18. The van der Waals surface area contributed by atoms with Gasteiger partial charge in [0.2, 0.25) is 0 Å². The summed E-state index contributed by atoms with van der Waals surface area (Å²) in [6.07, 6.45) is 1.81. The second kappa shape index (κ2) is 10.3. The van der Waals surface area contributed by atoms with Gasteiger partial charge in [0.05, 0.1) is 15.9 Å². The van der Waals surface area contributed by atoms with Crippen molar-refractivity contribution >= 4 is 57.7 Å². The van der Waals surface area contributed by atoms with Crippen molar-refractivity contribution in [2.75, 3.05) is 6.61 Å². The van der Waals surface area contributed by atoms with Crippen molar-refractivity contribution in [2.45, 2.75) is 20.5 Å². The first kappa shape index (κ1) is 21.9. The van der Waals surface area contributed by atoms with Gasteiger partial charge in [-0.25, -0.2) is 0 Å². The second-order valence-corrected chi connectivity index (χ2v) is 8.33. The van der Waals surface area contributed by atoms with Gasteiger partial charge in [-0.3, -0.25) is 4.99 Å². The molecule has 0 aliphatic carbocycles. The summed E-state index contributed by atoms with van der Waals surface area (Å²) >= 11 is 14.5. The zero-order valence-electron chi connectivity index (χ0n) is 16.1. The molecule has 0 heterocycles. The SMILES string of the molecule is CCOc1cc(C=Nc2cccc(Cl)c2C)cc(I)c1OCc1cccc(Cl)c1. The molecule has 150 valence electrons. The number of halogens is 3.